The third kappa shape index (κ3) is 3.14. The van der Waals surface area contributed by atoms with Gasteiger partial charge in [0.1, 0.15) is 5.82 Å². The molecule has 1 aromatic carbocycles. The average Bonchev–Trinajstić information content (AvgIpc) is 2.62. The van der Waals surface area contributed by atoms with Crippen molar-refractivity contribution in [2.45, 2.75) is 24.4 Å². The fourth-order valence-corrected chi connectivity index (χ4v) is 3.40. The van der Waals surface area contributed by atoms with Gasteiger partial charge in [0.05, 0.1) is 18.6 Å². The number of hydrogen-bond acceptors (Lipinski definition) is 4. The van der Waals surface area contributed by atoms with E-state index in [9.17, 15) is 14.0 Å². The van der Waals surface area contributed by atoms with Crippen LogP contribution in [0, 0.1) is 5.82 Å². The number of ether oxygens (including phenoxy) is 2. The number of carbonyl (C=O) groups is 2. The van der Waals surface area contributed by atoms with Gasteiger partial charge in [-0.1, -0.05) is 12.1 Å². The second-order valence-corrected chi connectivity index (χ2v) is 6.15. The SMILES string of the molecule is O=C(O)[C@H]1CN(C(=O)C2(c3ccc(F)cc3)CCOCC2)CCO1. The van der Waals surface area contributed by atoms with Crippen LogP contribution < -0.4 is 0 Å². The number of carboxylic acid groups (broad SMARTS) is 1. The lowest BCUT2D eigenvalue weighted by atomic mass is 9.73. The van der Waals surface area contributed by atoms with Crippen molar-refractivity contribution < 1.29 is 28.6 Å². The number of hydrogen-bond donors (Lipinski definition) is 1. The molecule has 0 radical (unpaired) electrons. The molecule has 2 aliphatic rings. The maximum atomic E-state index is 13.3. The number of benzene rings is 1. The Labute approximate surface area is 139 Å². The summed E-state index contributed by atoms with van der Waals surface area (Å²) in [6.45, 7) is 1.45. The Morgan fingerprint density at radius 2 is 1.83 bits per heavy atom. The predicted octanol–water partition coefficient (Wildman–Crippen LogP) is 1.19. The largest absolute Gasteiger partial charge is 0.479 e. The molecule has 7 heteroatoms. The van der Waals surface area contributed by atoms with Gasteiger partial charge in [-0.15, -0.1) is 0 Å². The summed E-state index contributed by atoms with van der Waals surface area (Å²) in [7, 11) is 0. The lowest BCUT2D eigenvalue weighted by Crippen LogP contribution is -2.56. The van der Waals surface area contributed by atoms with E-state index in [4.69, 9.17) is 14.6 Å². The van der Waals surface area contributed by atoms with E-state index >= 15 is 0 Å². The quantitative estimate of drug-likeness (QED) is 0.896. The summed E-state index contributed by atoms with van der Waals surface area (Å²) >= 11 is 0. The minimum atomic E-state index is -1.07. The smallest absolute Gasteiger partial charge is 0.334 e. The topological polar surface area (TPSA) is 76.1 Å². The summed E-state index contributed by atoms with van der Waals surface area (Å²) in [6.07, 6.45) is -0.0214. The monoisotopic (exact) mass is 337 g/mol. The highest BCUT2D eigenvalue weighted by molar-refractivity contribution is 5.89. The zero-order valence-corrected chi connectivity index (χ0v) is 13.2. The Bertz CT molecular complexity index is 612. The highest BCUT2D eigenvalue weighted by Crippen LogP contribution is 2.37. The van der Waals surface area contributed by atoms with Crippen LogP contribution in [0.4, 0.5) is 4.39 Å². The second-order valence-electron chi connectivity index (χ2n) is 6.15. The van der Waals surface area contributed by atoms with Crippen LogP contribution in [0.15, 0.2) is 24.3 Å². The molecule has 1 N–H and O–H groups in total. The molecule has 0 aliphatic carbocycles. The Hall–Kier alpha value is -1.99. The van der Waals surface area contributed by atoms with Gasteiger partial charge in [0, 0.05) is 19.8 Å². The molecule has 2 aliphatic heterocycles. The zero-order valence-electron chi connectivity index (χ0n) is 13.2. The molecule has 2 fully saturated rings. The minimum Gasteiger partial charge on any atom is -0.479 e. The van der Waals surface area contributed by atoms with Gasteiger partial charge in [-0.25, -0.2) is 9.18 Å². The number of aliphatic carboxylic acids is 1. The molecule has 0 saturated carbocycles. The van der Waals surface area contributed by atoms with Crippen molar-refractivity contribution in [1.29, 1.82) is 0 Å². The minimum absolute atomic E-state index is 0.0258. The van der Waals surface area contributed by atoms with Crippen molar-refractivity contribution in [1.82, 2.24) is 4.90 Å². The number of morpholine rings is 1. The van der Waals surface area contributed by atoms with Gasteiger partial charge in [0.15, 0.2) is 6.10 Å². The Balaban J connectivity index is 1.89. The maximum absolute atomic E-state index is 13.3. The van der Waals surface area contributed by atoms with E-state index in [0.717, 1.165) is 5.56 Å². The van der Waals surface area contributed by atoms with Crippen LogP contribution >= 0.6 is 0 Å². The maximum Gasteiger partial charge on any atom is 0.334 e. The van der Waals surface area contributed by atoms with Crippen LogP contribution in [-0.2, 0) is 24.5 Å². The molecule has 1 aromatic rings. The summed E-state index contributed by atoms with van der Waals surface area (Å²) in [4.78, 5) is 26.0. The molecule has 1 atom stereocenters. The van der Waals surface area contributed by atoms with Crippen molar-refractivity contribution in [3.63, 3.8) is 0 Å². The first-order valence-electron chi connectivity index (χ1n) is 8.00. The standard InChI is InChI=1S/C17H20FNO5/c18-13-3-1-12(2-4-13)17(5-8-23-9-6-17)16(22)19-7-10-24-14(11-19)15(20)21/h1-4,14H,5-11H2,(H,20,21)/t14-/m1/s1. The number of amides is 1. The first-order valence-corrected chi connectivity index (χ1v) is 8.00. The van der Waals surface area contributed by atoms with Crippen LogP contribution in [0.3, 0.4) is 0 Å². The van der Waals surface area contributed by atoms with Crippen molar-refractivity contribution in [3.05, 3.63) is 35.6 Å². The summed E-state index contributed by atoms with van der Waals surface area (Å²) < 4.78 is 23.9. The molecule has 0 aromatic heterocycles. The van der Waals surface area contributed by atoms with Gasteiger partial charge in [-0.3, -0.25) is 4.79 Å². The van der Waals surface area contributed by atoms with Crippen molar-refractivity contribution in [2.75, 3.05) is 32.9 Å². The lowest BCUT2D eigenvalue weighted by Gasteiger charge is -2.42. The molecule has 2 saturated heterocycles. The van der Waals surface area contributed by atoms with Gasteiger partial charge in [-0.05, 0) is 30.5 Å². The molecule has 6 nitrogen and oxygen atoms in total. The Kier molecular flexibility index (Phi) is 4.82. The predicted molar refractivity (Wildman–Crippen MR) is 82.1 cm³/mol. The van der Waals surface area contributed by atoms with Crippen LogP contribution in [0.25, 0.3) is 0 Å². The summed E-state index contributed by atoms with van der Waals surface area (Å²) in [6, 6.07) is 5.96. The molecule has 1 amide bonds. The molecule has 130 valence electrons. The average molecular weight is 337 g/mol. The third-order valence-electron chi connectivity index (χ3n) is 4.78. The Morgan fingerprint density at radius 1 is 1.17 bits per heavy atom. The van der Waals surface area contributed by atoms with Gasteiger partial charge >= 0.3 is 5.97 Å². The van der Waals surface area contributed by atoms with E-state index in [0.29, 0.717) is 32.6 Å². The third-order valence-corrected chi connectivity index (χ3v) is 4.78. The zero-order chi connectivity index (χ0) is 17.2. The van der Waals surface area contributed by atoms with E-state index in [1.165, 1.54) is 12.1 Å². The fourth-order valence-electron chi connectivity index (χ4n) is 3.40. The molecule has 3 rings (SSSR count). The normalized spacial score (nSPS) is 23.7. The summed E-state index contributed by atoms with van der Waals surface area (Å²) in [5.41, 5.74) is -0.0534. The molecule has 2 heterocycles. The molecule has 24 heavy (non-hydrogen) atoms. The van der Waals surface area contributed by atoms with E-state index in [2.05, 4.69) is 0 Å². The molecular weight excluding hydrogens is 317 g/mol. The van der Waals surface area contributed by atoms with Gasteiger partial charge in [0.2, 0.25) is 5.91 Å². The number of carboxylic acids is 1. The fraction of sp³-hybridized carbons (Fsp3) is 0.529. The molecule has 0 spiro atoms. The first-order chi connectivity index (χ1) is 11.5. The van der Waals surface area contributed by atoms with Crippen LogP contribution in [-0.4, -0.2) is 60.9 Å². The number of nitrogens with zero attached hydrogens (tertiary/aromatic N) is 1. The van der Waals surface area contributed by atoms with Crippen LogP contribution in [0.2, 0.25) is 0 Å². The number of halogens is 1. The van der Waals surface area contributed by atoms with E-state index in [-0.39, 0.29) is 24.9 Å². The van der Waals surface area contributed by atoms with E-state index < -0.39 is 17.5 Å². The highest BCUT2D eigenvalue weighted by Gasteiger charge is 2.45. The van der Waals surface area contributed by atoms with Crippen molar-refractivity contribution in [3.8, 4) is 0 Å². The molecule has 0 unspecified atom stereocenters. The van der Waals surface area contributed by atoms with Gasteiger partial charge in [0.25, 0.3) is 0 Å². The van der Waals surface area contributed by atoms with E-state index in [1.54, 1.807) is 17.0 Å². The Morgan fingerprint density at radius 3 is 2.46 bits per heavy atom. The molecule has 0 bridgehead atoms. The lowest BCUT2D eigenvalue weighted by molar-refractivity contribution is -0.162. The second kappa shape index (κ2) is 6.86. The highest BCUT2D eigenvalue weighted by atomic mass is 19.1. The van der Waals surface area contributed by atoms with Crippen LogP contribution in [0.5, 0.6) is 0 Å². The summed E-state index contributed by atoms with van der Waals surface area (Å²) in [5.74, 6) is -1.56. The first kappa shape index (κ1) is 16.9. The number of rotatable bonds is 3. The van der Waals surface area contributed by atoms with Gasteiger partial charge in [-0.2, -0.15) is 0 Å². The van der Waals surface area contributed by atoms with Gasteiger partial charge < -0.3 is 19.5 Å². The molecular formula is C17H20FNO5. The van der Waals surface area contributed by atoms with Crippen molar-refractivity contribution in [2.24, 2.45) is 0 Å². The van der Waals surface area contributed by atoms with Crippen molar-refractivity contribution >= 4 is 11.9 Å². The van der Waals surface area contributed by atoms with Crippen LogP contribution in [0.1, 0.15) is 18.4 Å². The number of carbonyl (C=O) groups excluding carboxylic acids is 1. The van der Waals surface area contributed by atoms with E-state index in [1.807, 2.05) is 0 Å². The summed E-state index contributed by atoms with van der Waals surface area (Å²) in [5, 5.41) is 9.14.